The molecule has 0 saturated heterocycles. The lowest BCUT2D eigenvalue weighted by molar-refractivity contribution is -0.382. The van der Waals surface area contributed by atoms with Crippen LogP contribution in [0, 0.1) is 11.8 Å². The van der Waals surface area contributed by atoms with E-state index in [2.05, 4.69) is 0 Å². The van der Waals surface area contributed by atoms with Crippen molar-refractivity contribution >= 4 is 6.29 Å². The van der Waals surface area contributed by atoms with E-state index in [9.17, 15) is 31.1 Å². The van der Waals surface area contributed by atoms with Crippen LogP contribution in [0.25, 0.3) is 0 Å². The van der Waals surface area contributed by atoms with Crippen LogP contribution in [-0.2, 0) is 4.79 Å². The fourth-order valence-corrected chi connectivity index (χ4v) is 1.28. The summed E-state index contributed by atoms with van der Waals surface area (Å²) in [5.74, 6) is -3.89. The van der Waals surface area contributed by atoms with Crippen LogP contribution < -0.4 is 0 Å². The van der Waals surface area contributed by atoms with E-state index in [-0.39, 0.29) is 0 Å². The third kappa shape index (κ3) is 2.31. The molecule has 2 nitrogen and oxygen atoms in total. The van der Waals surface area contributed by atoms with Crippen LogP contribution >= 0.6 is 0 Å². The molecule has 0 aromatic carbocycles. The molecule has 0 radical (unpaired) electrons. The zero-order valence-corrected chi connectivity index (χ0v) is 8.36. The summed E-state index contributed by atoms with van der Waals surface area (Å²) in [6.07, 6.45) is -12.4. The molecule has 0 fully saturated rings. The minimum absolute atomic E-state index is 0.522. The van der Waals surface area contributed by atoms with E-state index < -0.39 is 36.1 Å². The first-order valence-electron chi connectivity index (χ1n) is 4.20. The van der Waals surface area contributed by atoms with E-state index in [4.69, 9.17) is 5.11 Å². The highest BCUT2D eigenvalue weighted by Crippen LogP contribution is 2.48. The van der Waals surface area contributed by atoms with E-state index in [1.165, 1.54) is 0 Å². The molecule has 0 rings (SSSR count). The number of alkyl halides is 6. The molecule has 0 aromatic heterocycles. The molecule has 16 heavy (non-hydrogen) atoms. The van der Waals surface area contributed by atoms with Gasteiger partial charge in [0.05, 0.1) is 5.92 Å². The molecule has 0 aliphatic rings. The maximum atomic E-state index is 12.3. The first-order chi connectivity index (χ1) is 6.89. The van der Waals surface area contributed by atoms with Crippen molar-refractivity contribution in [3.8, 4) is 0 Å². The fraction of sp³-hybridized carbons (Fsp3) is 0.875. The lowest BCUT2D eigenvalue weighted by Gasteiger charge is -2.37. The number of rotatable bonds is 3. The Bertz CT molecular complexity index is 240. The van der Waals surface area contributed by atoms with Crippen molar-refractivity contribution in [1.82, 2.24) is 0 Å². The van der Waals surface area contributed by atoms with E-state index in [0.29, 0.717) is 0 Å². The van der Waals surface area contributed by atoms with Gasteiger partial charge in [0.1, 0.15) is 6.29 Å². The Labute approximate surface area is 87.2 Å². The van der Waals surface area contributed by atoms with Crippen molar-refractivity contribution in [3.05, 3.63) is 0 Å². The lowest BCUT2D eigenvalue weighted by Crippen LogP contribution is -2.63. The summed E-state index contributed by atoms with van der Waals surface area (Å²) in [7, 11) is 0. The van der Waals surface area contributed by atoms with Gasteiger partial charge in [-0.15, -0.1) is 0 Å². The minimum atomic E-state index is -5.96. The predicted molar refractivity (Wildman–Crippen MR) is 41.5 cm³/mol. The van der Waals surface area contributed by atoms with Crippen LogP contribution in [-0.4, -0.2) is 29.3 Å². The first kappa shape index (κ1) is 15.2. The molecule has 0 aromatic rings. The van der Waals surface area contributed by atoms with Crippen LogP contribution in [0.4, 0.5) is 26.3 Å². The molecule has 0 aliphatic heterocycles. The second-order valence-corrected chi connectivity index (χ2v) is 3.67. The van der Waals surface area contributed by atoms with Gasteiger partial charge in [-0.25, -0.2) is 0 Å². The van der Waals surface area contributed by atoms with Crippen LogP contribution in [0.5, 0.6) is 0 Å². The Morgan fingerprint density at radius 1 is 1.00 bits per heavy atom. The van der Waals surface area contributed by atoms with Gasteiger partial charge in [-0.05, 0) is 5.92 Å². The third-order valence-electron chi connectivity index (χ3n) is 2.21. The SMILES string of the molecule is CC(C)C(C=O)C(O)(C(F)(F)F)C(F)(F)F. The second kappa shape index (κ2) is 4.23. The molecule has 0 aliphatic carbocycles. The van der Waals surface area contributed by atoms with Crippen LogP contribution in [0.15, 0.2) is 0 Å². The number of hydrogen-bond acceptors (Lipinski definition) is 2. The summed E-state index contributed by atoms with van der Waals surface area (Å²) >= 11 is 0. The Morgan fingerprint density at radius 3 is 1.38 bits per heavy atom. The smallest absolute Gasteiger partial charge is 0.373 e. The van der Waals surface area contributed by atoms with Gasteiger partial charge in [-0.3, -0.25) is 0 Å². The van der Waals surface area contributed by atoms with Crippen LogP contribution in [0.1, 0.15) is 13.8 Å². The van der Waals surface area contributed by atoms with Crippen molar-refractivity contribution in [1.29, 1.82) is 0 Å². The molecule has 0 saturated carbocycles. The van der Waals surface area contributed by atoms with E-state index >= 15 is 0 Å². The summed E-state index contributed by atoms with van der Waals surface area (Å²) < 4.78 is 73.6. The average Bonchev–Trinajstić information content (AvgIpc) is 1.99. The van der Waals surface area contributed by atoms with Crippen molar-refractivity contribution in [2.45, 2.75) is 31.8 Å². The molecule has 0 heterocycles. The maximum absolute atomic E-state index is 12.3. The normalized spacial score (nSPS) is 16.4. The number of hydrogen-bond donors (Lipinski definition) is 1. The maximum Gasteiger partial charge on any atom is 0.427 e. The monoisotopic (exact) mass is 252 g/mol. The molecule has 0 bridgehead atoms. The molecular weight excluding hydrogens is 242 g/mol. The van der Waals surface area contributed by atoms with E-state index in [0.717, 1.165) is 13.8 Å². The van der Waals surface area contributed by atoms with Crippen LogP contribution in [0.3, 0.4) is 0 Å². The van der Waals surface area contributed by atoms with Crippen molar-refractivity contribution in [2.75, 3.05) is 0 Å². The molecular formula is C8H10F6O2. The Morgan fingerprint density at radius 2 is 1.31 bits per heavy atom. The predicted octanol–water partition coefficient (Wildman–Crippen LogP) is 2.31. The molecule has 8 heteroatoms. The zero-order valence-electron chi connectivity index (χ0n) is 8.36. The Kier molecular flexibility index (Phi) is 4.02. The highest BCUT2D eigenvalue weighted by Gasteiger charge is 2.74. The zero-order chi connectivity index (χ0) is 13.4. The summed E-state index contributed by atoms with van der Waals surface area (Å²) in [5, 5.41) is 8.83. The number of aldehydes is 1. The Balaban J connectivity index is 5.67. The molecule has 96 valence electrons. The molecule has 1 N–H and O–H groups in total. The minimum Gasteiger partial charge on any atom is -0.373 e. The number of carbonyl (C=O) groups is 1. The number of halogens is 6. The van der Waals surface area contributed by atoms with Gasteiger partial charge >= 0.3 is 12.4 Å². The van der Waals surface area contributed by atoms with Crippen molar-refractivity contribution < 1.29 is 36.2 Å². The largest absolute Gasteiger partial charge is 0.427 e. The van der Waals surface area contributed by atoms with E-state index in [1.54, 1.807) is 0 Å². The lowest BCUT2D eigenvalue weighted by atomic mass is 9.79. The second-order valence-electron chi connectivity index (χ2n) is 3.67. The third-order valence-corrected chi connectivity index (χ3v) is 2.21. The first-order valence-corrected chi connectivity index (χ1v) is 4.20. The van der Waals surface area contributed by atoms with Gasteiger partial charge in [0.25, 0.3) is 5.60 Å². The average molecular weight is 252 g/mol. The van der Waals surface area contributed by atoms with Crippen molar-refractivity contribution in [3.63, 3.8) is 0 Å². The topological polar surface area (TPSA) is 37.3 Å². The standard InChI is InChI=1S/C8H10F6O2/c1-4(2)5(3-15)6(16,7(9,10)11)8(12,13)14/h3-5,16H,1-2H3. The van der Waals surface area contributed by atoms with Gasteiger partial charge in [-0.2, -0.15) is 26.3 Å². The van der Waals surface area contributed by atoms with Gasteiger partial charge < -0.3 is 9.90 Å². The highest BCUT2D eigenvalue weighted by molar-refractivity contribution is 5.57. The summed E-state index contributed by atoms with van der Waals surface area (Å²) in [6, 6.07) is 0. The summed E-state index contributed by atoms with van der Waals surface area (Å²) in [4.78, 5) is 10.3. The molecule has 1 atom stereocenters. The number of carbonyl (C=O) groups excluding carboxylic acids is 1. The quantitative estimate of drug-likeness (QED) is 0.618. The van der Waals surface area contributed by atoms with Gasteiger partial charge in [0.15, 0.2) is 0 Å². The number of aliphatic hydroxyl groups is 1. The van der Waals surface area contributed by atoms with Gasteiger partial charge in [0.2, 0.25) is 0 Å². The van der Waals surface area contributed by atoms with E-state index in [1.807, 2.05) is 0 Å². The highest BCUT2D eigenvalue weighted by atomic mass is 19.4. The molecule has 1 unspecified atom stereocenters. The Hall–Kier alpha value is -0.790. The van der Waals surface area contributed by atoms with Crippen LogP contribution in [0.2, 0.25) is 0 Å². The summed E-state index contributed by atoms with van der Waals surface area (Å²) in [5.41, 5.74) is -5.00. The fourth-order valence-electron chi connectivity index (χ4n) is 1.28. The van der Waals surface area contributed by atoms with Gasteiger partial charge in [-0.1, -0.05) is 13.8 Å². The summed E-state index contributed by atoms with van der Waals surface area (Å²) in [6.45, 7) is 1.98. The van der Waals surface area contributed by atoms with Crippen molar-refractivity contribution in [2.24, 2.45) is 11.8 Å². The molecule has 0 amide bonds. The molecule has 0 spiro atoms. The van der Waals surface area contributed by atoms with Gasteiger partial charge in [0, 0.05) is 0 Å².